The summed E-state index contributed by atoms with van der Waals surface area (Å²) in [5.41, 5.74) is 0. The molecule has 0 amide bonds. The Hall–Kier alpha value is -0.610. The lowest BCUT2D eigenvalue weighted by Gasteiger charge is -2.32. The second-order valence-corrected chi connectivity index (χ2v) is 5.95. The van der Waals surface area contributed by atoms with Crippen LogP contribution in [0.2, 0.25) is 0 Å². The highest BCUT2D eigenvalue weighted by Gasteiger charge is 2.25. The van der Waals surface area contributed by atoms with Gasteiger partial charge in [0.15, 0.2) is 0 Å². The summed E-state index contributed by atoms with van der Waals surface area (Å²) in [5, 5.41) is 10.0. The van der Waals surface area contributed by atoms with Gasteiger partial charge in [0, 0.05) is 19.1 Å². The van der Waals surface area contributed by atoms with Crippen molar-refractivity contribution in [3.8, 4) is 0 Å². The van der Waals surface area contributed by atoms with E-state index in [1.165, 1.54) is 25.7 Å². The first-order valence-electron chi connectivity index (χ1n) is 7.60. The highest BCUT2D eigenvalue weighted by Crippen LogP contribution is 2.24. The zero-order valence-electron chi connectivity index (χ0n) is 12.6. The van der Waals surface area contributed by atoms with Crippen LogP contribution in [0.25, 0.3) is 0 Å². The Labute approximate surface area is 117 Å². The first-order valence-corrected chi connectivity index (χ1v) is 7.60. The smallest absolute Gasteiger partial charge is 0.308 e. The molecule has 1 unspecified atom stereocenters. The number of aliphatic hydroxyl groups excluding tert-OH is 1. The van der Waals surface area contributed by atoms with Crippen LogP contribution < -0.4 is 0 Å². The van der Waals surface area contributed by atoms with E-state index >= 15 is 0 Å². The Kier molecular flexibility index (Phi) is 7.39. The molecule has 1 atom stereocenters. The fourth-order valence-electron chi connectivity index (χ4n) is 2.86. The lowest BCUT2D eigenvalue weighted by Crippen LogP contribution is -2.42. The van der Waals surface area contributed by atoms with E-state index in [4.69, 9.17) is 4.74 Å². The molecule has 0 bridgehead atoms. The first-order chi connectivity index (χ1) is 9.02. The average molecular weight is 271 g/mol. The molecular weight excluding hydrogens is 242 g/mol. The van der Waals surface area contributed by atoms with Gasteiger partial charge >= 0.3 is 5.97 Å². The van der Waals surface area contributed by atoms with Crippen molar-refractivity contribution in [3.63, 3.8) is 0 Å². The molecule has 0 aromatic carbocycles. The summed E-state index contributed by atoms with van der Waals surface area (Å²) >= 11 is 0. The topological polar surface area (TPSA) is 49.8 Å². The maximum absolute atomic E-state index is 11.4. The van der Waals surface area contributed by atoms with E-state index < -0.39 is 6.10 Å². The second kappa shape index (κ2) is 8.54. The molecule has 19 heavy (non-hydrogen) atoms. The molecule has 1 fully saturated rings. The van der Waals surface area contributed by atoms with Crippen molar-refractivity contribution in [2.24, 2.45) is 5.92 Å². The van der Waals surface area contributed by atoms with Gasteiger partial charge in [0.25, 0.3) is 0 Å². The molecule has 4 nitrogen and oxygen atoms in total. The van der Waals surface area contributed by atoms with Crippen LogP contribution in [0.1, 0.15) is 52.9 Å². The third-order valence-electron chi connectivity index (χ3n) is 3.59. The predicted octanol–water partition coefficient (Wildman–Crippen LogP) is 2.20. The van der Waals surface area contributed by atoms with E-state index in [-0.39, 0.29) is 12.4 Å². The van der Waals surface area contributed by atoms with Crippen LogP contribution in [0.4, 0.5) is 0 Å². The average Bonchev–Trinajstić information content (AvgIpc) is 2.80. The fourth-order valence-corrected chi connectivity index (χ4v) is 2.86. The molecule has 0 aromatic heterocycles. The van der Waals surface area contributed by atoms with Gasteiger partial charge in [0.2, 0.25) is 0 Å². The van der Waals surface area contributed by atoms with Gasteiger partial charge in [-0.15, -0.1) is 0 Å². The lowest BCUT2D eigenvalue weighted by atomic mass is 10.1. The summed E-state index contributed by atoms with van der Waals surface area (Å²) in [4.78, 5) is 13.7. The maximum atomic E-state index is 11.4. The minimum atomic E-state index is -0.613. The van der Waals surface area contributed by atoms with Crippen molar-refractivity contribution in [1.29, 1.82) is 0 Å². The summed E-state index contributed by atoms with van der Waals surface area (Å²) < 4.78 is 4.88. The number of hydrogen-bond acceptors (Lipinski definition) is 4. The normalized spacial score (nSPS) is 18.2. The molecule has 0 saturated heterocycles. The molecule has 1 rings (SSSR count). The van der Waals surface area contributed by atoms with E-state index in [1.807, 2.05) is 0 Å². The molecule has 112 valence electrons. The van der Waals surface area contributed by atoms with E-state index in [0.717, 1.165) is 6.54 Å². The molecule has 0 heterocycles. The molecule has 1 saturated carbocycles. The molecular formula is C15H29NO3. The summed E-state index contributed by atoms with van der Waals surface area (Å²) in [6, 6.07) is 0.583. The van der Waals surface area contributed by atoms with Crippen molar-refractivity contribution in [1.82, 2.24) is 4.90 Å². The minimum Gasteiger partial charge on any atom is -0.466 e. The zero-order chi connectivity index (χ0) is 14.3. The number of ether oxygens (including phenoxy) is 1. The number of nitrogens with zero attached hydrogens (tertiary/aromatic N) is 1. The number of carbonyl (C=O) groups is 1. The van der Waals surface area contributed by atoms with E-state index in [0.29, 0.717) is 25.1 Å². The number of esters is 1. The summed E-state index contributed by atoms with van der Waals surface area (Å²) in [7, 11) is 0. The number of carbonyl (C=O) groups excluding carboxylic acids is 1. The lowest BCUT2D eigenvalue weighted by molar-refractivity contribution is -0.145. The van der Waals surface area contributed by atoms with Gasteiger partial charge < -0.3 is 9.84 Å². The van der Waals surface area contributed by atoms with Crippen LogP contribution in [0.15, 0.2) is 0 Å². The number of aliphatic hydroxyl groups is 1. The molecule has 1 aliphatic carbocycles. The summed E-state index contributed by atoms with van der Waals surface area (Å²) in [5.74, 6) is 0.279. The van der Waals surface area contributed by atoms with Crippen molar-refractivity contribution in [3.05, 3.63) is 0 Å². The van der Waals surface area contributed by atoms with Gasteiger partial charge in [-0.1, -0.05) is 26.7 Å². The Bertz CT molecular complexity index is 262. The van der Waals surface area contributed by atoms with Crippen molar-refractivity contribution >= 4 is 5.97 Å². The molecule has 0 aliphatic heterocycles. The molecule has 1 N–H and O–H groups in total. The van der Waals surface area contributed by atoms with Gasteiger partial charge in [-0.2, -0.15) is 0 Å². The molecule has 4 heteroatoms. The van der Waals surface area contributed by atoms with Gasteiger partial charge in [0.05, 0.1) is 19.1 Å². The predicted molar refractivity (Wildman–Crippen MR) is 75.9 cm³/mol. The third-order valence-corrected chi connectivity index (χ3v) is 3.59. The Morgan fingerprint density at radius 2 is 1.95 bits per heavy atom. The molecule has 0 spiro atoms. The van der Waals surface area contributed by atoms with Gasteiger partial charge in [-0.3, -0.25) is 9.69 Å². The Morgan fingerprint density at radius 1 is 1.32 bits per heavy atom. The highest BCUT2D eigenvalue weighted by atomic mass is 16.5. The zero-order valence-corrected chi connectivity index (χ0v) is 12.6. The fraction of sp³-hybridized carbons (Fsp3) is 0.933. The van der Waals surface area contributed by atoms with Crippen molar-refractivity contribution in [2.45, 2.75) is 65.0 Å². The summed E-state index contributed by atoms with van der Waals surface area (Å²) in [6.07, 6.45) is 4.51. The van der Waals surface area contributed by atoms with Crippen LogP contribution in [-0.2, 0) is 9.53 Å². The molecule has 0 radical (unpaired) electrons. The van der Waals surface area contributed by atoms with E-state index in [9.17, 15) is 9.90 Å². The Morgan fingerprint density at radius 3 is 2.47 bits per heavy atom. The largest absolute Gasteiger partial charge is 0.466 e. The minimum absolute atomic E-state index is 0.106. The van der Waals surface area contributed by atoms with Gasteiger partial charge in [0.1, 0.15) is 0 Å². The summed E-state index contributed by atoms with van der Waals surface area (Å²) in [6.45, 7) is 8.13. The van der Waals surface area contributed by atoms with Crippen LogP contribution >= 0.6 is 0 Å². The highest BCUT2D eigenvalue weighted by molar-refractivity contribution is 5.69. The maximum Gasteiger partial charge on any atom is 0.308 e. The first kappa shape index (κ1) is 16.4. The standard InChI is InChI=1S/C15H29NO3/c1-4-19-15(18)9-14(17)11-16(10-12(2)3)13-7-5-6-8-13/h12-14,17H,4-11H2,1-3H3. The van der Waals surface area contributed by atoms with Gasteiger partial charge in [-0.05, 0) is 25.7 Å². The van der Waals surface area contributed by atoms with Crippen molar-refractivity contribution in [2.75, 3.05) is 19.7 Å². The third kappa shape index (κ3) is 6.39. The Balaban J connectivity index is 2.43. The van der Waals surface area contributed by atoms with Gasteiger partial charge in [-0.25, -0.2) is 0 Å². The molecule has 0 aromatic rings. The van der Waals surface area contributed by atoms with Crippen LogP contribution in [0, 0.1) is 5.92 Å². The van der Waals surface area contributed by atoms with Crippen molar-refractivity contribution < 1.29 is 14.6 Å². The quantitative estimate of drug-likeness (QED) is 0.688. The number of rotatable bonds is 8. The van der Waals surface area contributed by atoms with E-state index in [2.05, 4.69) is 18.7 Å². The van der Waals surface area contributed by atoms with Crippen LogP contribution in [0.3, 0.4) is 0 Å². The monoisotopic (exact) mass is 271 g/mol. The molecule has 1 aliphatic rings. The second-order valence-electron chi connectivity index (χ2n) is 5.95. The number of hydrogen-bond donors (Lipinski definition) is 1. The van der Waals surface area contributed by atoms with Crippen LogP contribution in [-0.4, -0.2) is 47.8 Å². The van der Waals surface area contributed by atoms with Crippen LogP contribution in [0.5, 0.6) is 0 Å². The SMILES string of the molecule is CCOC(=O)CC(O)CN(CC(C)C)C1CCCC1. The van der Waals surface area contributed by atoms with E-state index in [1.54, 1.807) is 6.92 Å².